The minimum absolute atomic E-state index is 0.0712. The van der Waals surface area contributed by atoms with E-state index in [0.717, 1.165) is 5.82 Å². The van der Waals surface area contributed by atoms with E-state index in [9.17, 15) is 9.18 Å². The number of carbonyl (C=O) groups excluding carboxylic acids is 1. The maximum Gasteiger partial charge on any atom is 0.263 e. The van der Waals surface area contributed by atoms with Gasteiger partial charge in [0.25, 0.3) is 5.91 Å². The van der Waals surface area contributed by atoms with Gasteiger partial charge >= 0.3 is 0 Å². The highest BCUT2D eigenvalue weighted by Crippen LogP contribution is 2.16. The van der Waals surface area contributed by atoms with Crippen LogP contribution in [0.3, 0.4) is 0 Å². The summed E-state index contributed by atoms with van der Waals surface area (Å²) in [5, 5.41) is 7.96. The Bertz CT molecular complexity index is 673. The monoisotopic (exact) mass is 330 g/mol. The fourth-order valence-corrected chi connectivity index (χ4v) is 2.64. The van der Waals surface area contributed by atoms with Crippen molar-refractivity contribution in [1.82, 2.24) is 15.1 Å². The van der Waals surface area contributed by atoms with Gasteiger partial charge < -0.3 is 14.5 Å². The SMILES string of the molecule is CC(Oc1ccc(F)cc1)C(=O)N1CCN(c2cccnn2)CC1. The van der Waals surface area contributed by atoms with Crippen molar-refractivity contribution in [2.24, 2.45) is 0 Å². The van der Waals surface area contributed by atoms with E-state index in [-0.39, 0.29) is 11.7 Å². The molecule has 0 N–H and O–H groups in total. The molecule has 24 heavy (non-hydrogen) atoms. The Hall–Kier alpha value is -2.70. The van der Waals surface area contributed by atoms with Crippen molar-refractivity contribution in [3.63, 3.8) is 0 Å². The average Bonchev–Trinajstić information content (AvgIpc) is 2.64. The highest BCUT2D eigenvalue weighted by molar-refractivity contribution is 5.81. The molecule has 1 amide bonds. The van der Waals surface area contributed by atoms with Crippen molar-refractivity contribution in [2.45, 2.75) is 13.0 Å². The lowest BCUT2D eigenvalue weighted by Gasteiger charge is -2.36. The van der Waals surface area contributed by atoms with E-state index in [2.05, 4.69) is 15.1 Å². The van der Waals surface area contributed by atoms with Crippen molar-refractivity contribution in [3.05, 3.63) is 48.4 Å². The summed E-state index contributed by atoms with van der Waals surface area (Å²) in [6, 6.07) is 9.41. The Morgan fingerprint density at radius 1 is 1.17 bits per heavy atom. The average molecular weight is 330 g/mol. The minimum Gasteiger partial charge on any atom is -0.481 e. The van der Waals surface area contributed by atoms with Gasteiger partial charge in [0.05, 0.1) is 0 Å². The number of hydrogen-bond donors (Lipinski definition) is 0. The Kier molecular flexibility index (Phi) is 4.88. The van der Waals surface area contributed by atoms with Crippen LogP contribution < -0.4 is 9.64 Å². The van der Waals surface area contributed by atoms with Crippen molar-refractivity contribution in [3.8, 4) is 5.75 Å². The van der Waals surface area contributed by atoms with Crippen LogP contribution >= 0.6 is 0 Å². The molecule has 1 fully saturated rings. The van der Waals surface area contributed by atoms with Crippen LogP contribution in [0.2, 0.25) is 0 Å². The molecule has 1 saturated heterocycles. The van der Waals surface area contributed by atoms with Gasteiger partial charge in [-0.1, -0.05) is 0 Å². The molecule has 1 aliphatic rings. The molecule has 0 saturated carbocycles. The van der Waals surface area contributed by atoms with Crippen molar-refractivity contribution in [2.75, 3.05) is 31.1 Å². The van der Waals surface area contributed by atoms with Gasteiger partial charge in [-0.3, -0.25) is 4.79 Å². The molecule has 0 spiro atoms. The van der Waals surface area contributed by atoms with Crippen molar-refractivity contribution < 1.29 is 13.9 Å². The van der Waals surface area contributed by atoms with Gasteiger partial charge in [0.15, 0.2) is 11.9 Å². The third-order valence-corrected chi connectivity index (χ3v) is 3.95. The maximum atomic E-state index is 12.9. The summed E-state index contributed by atoms with van der Waals surface area (Å²) < 4.78 is 18.5. The molecule has 2 heterocycles. The van der Waals surface area contributed by atoms with E-state index in [1.807, 2.05) is 12.1 Å². The highest BCUT2D eigenvalue weighted by Gasteiger charge is 2.26. The number of rotatable bonds is 4. The van der Waals surface area contributed by atoms with E-state index in [4.69, 9.17) is 4.74 Å². The number of nitrogens with zero attached hydrogens (tertiary/aromatic N) is 4. The zero-order valence-corrected chi connectivity index (χ0v) is 13.4. The van der Waals surface area contributed by atoms with E-state index in [1.54, 1.807) is 18.0 Å². The first kappa shape index (κ1) is 16.2. The fraction of sp³-hybridized carbons (Fsp3) is 0.353. The molecule has 0 radical (unpaired) electrons. The van der Waals surface area contributed by atoms with Crippen LogP contribution in [-0.2, 0) is 4.79 Å². The standard InChI is InChI=1S/C17H19FN4O2/c1-13(24-15-6-4-14(18)5-7-15)17(23)22-11-9-21(10-12-22)16-3-2-8-19-20-16/h2-8,13H,9-12H2,1H3. The van der Waals surface area contributed by atoms with Gasteiger partial charge in [-0.25, -0.2) is 4.39 Å². The predicted molar refractivity (Wildman–Crippen MR) is 87.3 cm³/mol. The van der Waals surface area contributed by atoms with Gasteiger partial charge in [0.1, 0.15) is 11.6 Å². The fourth-order valence-electron chi connectivity index (χ4n) is 2.64. The Labute approximate surface area is 139 Å². The first-order valence-electron chi connectivity index (χ1n) is 7.87. The smallest absolute Gasteiger partial charge is 0.263 e. The van der Waals surface area contributed by atoms with Gasteiger partial charge in [-0.05, 0) is 43.3 Å². The van der Waals surface area contributed by atoms with Crippen molar-refractivity contribution in [1.29, 1.82) is 0 Å². The minimum atomic E-state index is -0.612. The van der Waals surface area contributed by atoms with Crippen LogP contribution in [0, 0.1) is 5.82 Å². The second-order valence-corrected chi connectivity index (χ2v) is 5.61. The Balaban J connectivity index is 1.53. The number of amides is 1. The Morgan fingerprint density at radius 3 is 2.50 bits per heavy atom. The molecule has 1 atom stereocenters. The van der Waals surface area contributed by atoms with E-state index in [0.29, 0.717) is 31.9 Å². The van der Waals surface area contributed by atoms with E-state index >= 15 is 0 Å². The molecule has 2 aromatic rings. The molecule has 0 aliphatic carbocycles. The molecule has 1 aromatic heterocycles. The van der Waals surface area contributed by atoms with Crippen LogP contribution in [-0.4, -0.2) is 53.3 Å². The number of ether oxygens (including phenoxy) is 1. The summed E-state index contributed by atoms with van der Waals surface area (Å²) in [6.07, 6.45) is 1.02. The Morgan fingerprint density at radius 2 is 1.88 bits per heavy atom. The lowest BCUT2D eigenvalue weighted by molar-refractivity contribution is -0.138. The molecule has 1 unspecified atom stereocenters. The van der Waals surface area contributed by atoms with Gasteiger partial charge in [0.2, 0.25) is 0 Å². The normalized spacial score (nSPS) is 15.9. The number of carbonyl (C=O) groups is 1. The van der Waals surface area contributed by atoms with Crippen LogP contribution in [0.4, 0.5) is 10.2 Å². The molecule has 0 bridgehead atoms. The lowest BCUT2D eigenvalue weighted by Crippen LogP contribution is -2.52. The summed E-state index contributed by atoms with van der Waals surface area (Å²) in [5.41, 5.74) is 0. The quantitative estimate of drug-likeness (QED) is 0.854. The van der Waals surface area contributed by atoms with Crippen LogP contribution in [0.25, 0.3) is 0 Å². The zero-order valence-electron chi connectivity index (χ0n) is 13.4. The molecule has 3 rings (SSSR count). The second-order valence-electron chi connectivity index (χ2n) is 5.61. The molecule has 1 aliphatic heterocycles. The first-order chi connectivity index (χ1) is 11.6. The summed E-state index contributed by atoms with van der Waals surface area (Å²) in [6.45, 7) is 4.32. The number of halogens is 1. The first-order valence-corrected chi connectivity index (χ1v) is 7.87. The molecule has 126 valence electrons. The predicted octanol–water partition coefficient (Wildman–Crippen LogP) is 1.73. The van der Waals surface area contributed by atoms with Gasteiger partial charge in [-0.15, -0.1) is 5.10 Å². The summed E-state index contributed by atoms with van der Waals surface area (Å²) in [4.78, 5) is 16.4. The van der Waals surface area contributed by atoms with Crippen LogP contribution in [0.1, 0.15) is 6.92 Å². The molecule has 6 nitrogen and oxygen atoms in total. The summed E-state index contributed by atoms with van der Waals surface area (Å²) in [7, 11) is 0. The summed E-state index contributed by atoms with van der Waals surface area (Å²) >= 11 is 0. The van der Waals surface area contributed by atoms with E-state index < -0.39 is 6.10 Å². The molecule has 1 aromatic carbocycles. The van der Waals surface area contributed by atoms with Crippen molar-refractivity contribution >= 4 is 11.7 Å². The molecular weight excluding hydrogens is 311 g/mol. The van der Waals surface area contributed by atoms with Crippen LogP contribution in [0.15, 0.2) is 42.6 Å². The number of hydrogen-bond acceptors (Lipinski definition) is 5. The number of aromatic nitrogens is 2. The van der Waals surface area contributed by atoms with Crippen LogP contribution in [0.5, 0.6) is 5.75 Å². The number of piperazine rings is 1. The van der Waals surface area contributed by atoms with E-state index in [1.165, 1.54) is 24.3 Å². The summed E-state index contributed by atoms with van der Waals surface area (Å²) in [5.74, 6) is 0.898. The topological polar surface area (TPSA) is 58.6 Å². The number of anilines is 1. The molecule has 7 heteroatoms. The molecular formula is C17H19FN4O2. The lowest BCUT2D eigenvalue weighted by atomic mass is 10.2. The second kappa shape index (κ2) is 7.25. The number of benzene rings is 1. The highest BCUT2D eigenvalue weighted by atomic mass is 19.1. The zero-order chi connectivity index (χ0) is 16.9. The third-order valence-electron chi connectivity index (χ3n) is 3.95. The largest absolute Gasteiger partial charge is 0.481 e. The van der Waals surface area contributed by atoms with Gasteiger partial charge in [0, 0.05) is 32.4 Å². The third kappa shape index (κ3) is 3.79. The maximum absolute atomic E-state index is 12.9. The van der Waals surface area contributed by atoms with Gasteiger partial charge in [-0.2, -0.15) is 5.10 Å².